The molecule has 21 heavy (non-hydrogen) atoms. The molecule has 9 heteroatoms. The van der Waals surface area contributed by atoms with Crippen molar-refractivity contribution in [2.45, 2.75) is 22.1 Å². The number of aromatic nitrogens is 1. The van der Waals surface area contributed by atoms with Crippen molar-refractivity contribution in [3.05, 3.63) is 29.9 Å². The molecule has 1 rings (SSSR count). The van der Waals surface area contributed by atoms with Gasteiger partial charge in [-0.3, -0.25) is 0 Å². The smallest absolute Gasteiger partial charge is 0.192 e. The predicted octanol–water partition coefficient (Wildman–Crippen LogP) is 5.54. The van der Waals surface area contributed by atoms with Crippen molar-refractivity contribution >= 4 is 35.1 Å². The lowest BCUT2D eigenvalue weighted by molar-refractivity contribution is 0.417. The molecule has 0 atom stereocenters. The molecule has 1 aromatic heterocycles. The van der Waals surface area contributed by atoms with Gasteiger partial charge in [-0.25, -0.2) is 0 Å². The number of hydrogen-bond donors (Lipinski definition) is 0. The Morgan fingerprint density at radius 3 is 2.19 bits per heavy atom. The maximum atomic E-state index is 11.9. The highest BCUT2D eigenvalue weighted by atomic mass is 32.2. The average molecular weight is 354 g/mol. The van der Waals surface area contributed by atoms with Gasteiger partial charge in [0.15, 0.2) is 0 Å². The molecule has 1 heterocycles. The first-order valence-electron chi connectivity index (χ1n) is 5.72. The van der Waals surface area contributed by atoms with Crippen LogP contribution in [-0.4, -0.2) is 15.9 Å². The van der Waals surface area contributed by atoms with Crippen LogP contribution in [0.2, 0.25) is 0 Å². The third kappa shape index (κ3) is 7.02. The Bertz CT molecular complexity index is 514. The normalized spacial score (nSPS) is 10.0. The SMILES string of the molecule is N#Cc1c(SCCC=C(F)F)nsc1SCCC=C(F)F. The summed E-state index contributed by atoms with van der Waals surface area (Å²) < 4.78 is 52.2. The van der Waals surface area contributed by atoms with Gasteiger partial charge in [-0.15, -0.1) is 23.5 Å². The van der Waals surface area contributed by atoms with Crippen molar-refractivity contribution in [1.82, 2.24) is 4.37 Å². The van der Waals surface area contributed by atoms with Crippen LogP contribution in [0.1, 0.15) is 18.4 Å². The van der Waals surface area contributed by atoms with Crippen LogP contribution in [0, 0.1) is 11.3 Å². The minimum Gasteiger partial charge on any atom is -0.192 e. The topological polar surface area (TPSA) is 36.7 Å². The van der Waals surface area contributed by atoms with E-state index in [2.05, 4.69) is 4.37 Å². The molecule has 2 nitrogen and oxygen atoms in total. The van der Waals surface area contributed by atoms with Crippen molar-refractivity contribution in [3.63, 3.8) is 0 Å². The molecule has 0 aliphatic heterocycles. The second-order valence-corrected chi connectivity index (χ2v) is 6.74. The fourth-order valence-corrected chi connectivity index (χ4v) is 4.14. The number of rotatable bonds is 8. The van der Waals surface area contributed by atoms with E-state index in [0.717, 1.165) is 23.7 Å². The van der Waals surface area contributed by atoms with E-state index in [-0.39, 0.29) is 12.8 Å². The molecule has 114 valence electrons. The quantitative estimate of drug-likeness (QED) is 0.349. The standard InChI is InChI=1S/C12H10F4N2S3/c13-9(14)3-1-5-19-11-8(7-17)12(21-18-11)20-6-2-4-10(15)16/h3-4H,1-2,5-6H2. The molecule has 0 aliphatic carbocycles. The summed E-state index contributed by atoms with van der Waals surface area (Å²) in [6, 6.07) is 2.02. The summed E-state index contributed by atoms with van der Waals surface area (Å²) in [6.45, 7) is 0. The highest BCUT2D eigenvalue weighted by Gasteiger charge is 2.14. The Hall–Kier alpha value is -0.980. The third-order valence-corrected chi connectivity index (χ3v) is 5.30. The van der Waals surface area contributed by atoms with Crippen molar-refractivity contribution in [2.24, 2.45) is 0 Å². The first-order valence-corrected chi connectivity index (χ1v) is 8.46. The molecule has 0 N–H and O–H groups in total. The van der Waals surface area contributed by atoms with E-state index in [1.807, 2.05) is 6.07 Å². The first-order chi connectivity index (χ1) is 10.0. The molecule has 1 aromatic rings. The van der Waals surface area contributed by atoms with Gasteiger partial charge in [0.1, 0.15) is 16.7 Å². The molecule has 0 bridgehead atoms. The zero-order valence-electron chi connectivity index (χ0n) is 10.6. The second kappa shape index (κ2) is 9.87. The van der Waals surface area contributed by atoms with Crippen LogP contribution in [0.5, 0.6) is 0 Å². The van der Waals surface area contributed by atoms with Crippen LogP contribution < -0.4 is 0 Å². The van der Waals surface area contributed by atoms with Crippen molar-refractivity contribution in [1.29, 1.82) is 5.26 Å². The zero-order valence-corrected chi connectivity index (χ0v) is 13.1. The molecule has 0 unspecified atom stereocenters. The van der Waals surface area contributed by atoms with Crippen LogP contribution in [-0.2, 0) is 0 Å². The van der Waals surface area contributed by atoms with Gasteiger partial charge in [0.25, 0.3) is 12.2 Å². The van der Waals surface area contributed by atoms with E-state index >= 15 is 0 Å². The van der Waals surface area contributed by atoms with E-state index in [1.165, 1.54) is 23.5 Å². The Balaban J connectivity index is 2.54. The van der Waals surface area contributed by atoms with Crippen LogP contribution >= 0.6 is 35.1 Å². The fourth-order valence-electron chi connectivity index (χ4n) is 1.20. The van der Waals surface area contributed by atoms with Crippen molar-refractivity contribution in [2.75, 3.05) is 11.5 Å². The van der Waals surface area contributed by atoms with Crippen LogP contribution in [0.3, 0.4) is 0 Å². The van der Waals surface area contributed by atoms with Gasteiger partial charge in [-0.2, -0.15) is 27.2 Å². The lowest BCUT2D eigenvalue weighted by Crippen LogP contribution is -1.83. The van der Waals surface area contributed by atoms with Gasteiger partial charge in [0.05, 0.1) is 4.21 Å². The van der Waals surface area contributed by atoms with Crippen LogP contribution in [0.25, 0.3) is 0 Å². The second-order valence-electron chi connectivity index (χ2n) is 3.52. The molecular weight excluding hydrogens is 344 g/mol. The van der Waals surface area contributed by atoms with Gasteiger partial charge in [-0.05, 0) is 36.5 Å². The maximum Gasteiger partial charge on any atom is 0.266 e. The lowest BCUT2D eigenvalue weighted by Gasteiger charge is -1.97. The number of nitrogens with zero attached hydrogens (tertiary/aromatic N) is 2. The molecule has 0 radical (unpaired) electrons. The molecular formula is C12H10F4N2S3. The highest BCUT2D eigenvalue weighted by Crippen LogP contribution is 2.34. The number of hydrogen-bond acceptors (Lipinski definition) is 5. The lowest BCUT2D eigenvalue weighted by atomic mass is 10.4. The van der Waals surface area contributed by atoms with E-state index in [1.54, 1.807) is 0 Å². The van der Waals surface area contributed by atoms with Crippen molar-refractivity contribution < 1.29 is 17.6 Å². The van der Waals surface area contributed by atoms with Crippen molar-refractivity contribution in [3.8, 4) is 6.07 Å². The van der Waals surface area contributed by atoms with Gasteiger partial charge in [0, 0.05) is 11.5 Å². The minimum atomic E-state index is -1.72. The predicted molar refractivity (Wildman–Crippen MR) is 78.1 cm³/mol. The molecule has 0 fully saturated rings. The minimum absolute atomic E-state index is 0.193. The maximum absolute atomic E-state index is 11.9. The third-order valence-electron chi connectivity index (χ3n) is 2.05. The zero-order chi connectivity index (χ0) is 15.7. The molecule has 0 spiro atoms. The summed E-state index contributed by atoms with van der Waals surface area (Å²) in [6.07, 6.45) is -1.40. The number of nitriles is 1. The monoisotopic (exact) mass is 354 g/mol. The summed E-state index contributed by atoms with van der Waals surface area (Å²) in [7, 11) is 0. The van der Waals surface area contributed by atoms with Crippen LogP contribution in [0.15, 0.2) is 33.5 Å². The number of thioether (sulfide) groups is 2. The molecule has 0 aromatic carbocycles. The summed E-state index contributed by atoms with van der Waals surface area (Å²) >= 11 is 3.64. The average Bonchev–Trinajstić information content (AvgIpc) is 2.81. The van der Waals surface area contributed by atoms with Gasteiger partial charge >= 0.3 is 0 Å². The Labute approximate surface area is 132 Å². The summed E-state index contributed by atoms with van der Waals surface area (Å²) in [5.41, 5.74) is 0.393. The highest BCUT2D eigenvalue weighted by molar-refractivity contribution is 8.01. The van der Waals surface area contributed by atoms with Gasteiger partial charge in [0.2, 0.25) is 0 Å². The molecule has 0 saturated heterocycles. The van der Waals surface area contributed by atoms with E-state index in [4.69, 9.17) is 5.26 Å². The Kier molecular flexibility index (Phi) is 8.49. The van der Waals surface area contributed by atoms with Crippen LogP contribution in [0.4, 0.5) is 17.6 Å². The largest absolute Gasteiger partial charge is 0.266 e. The molecule has 0 amide bonds. The molecule has 0 saturated carbocycles. The number of allylic oxidation sites excluding steroid dienone is 2. The van der Waals surface area contributed by atoms with E-state index < -0.39 is 12.2 Å². The fraction of sp³-hybridized carbons (Fsp3) is 0.333. The molecule has 0 aliphatic rings. The summed E-state index contributed by atoms with van der Waals surface area (Å²) in [5.74, 6) is 0.823. The summed E-state index contributed by atoms with van der Waals surface area (Å²) in [4.78, 5) is 0. The number of halogens is 4. The van der Waals surface area contributed by atoms with E-state index in [9.17, 15) is 17.6 Å². The van der Waals surface area contributed by atoms with Gasteiger partial charge in [-0.1, -0.05) is 0 Å². The summed E-state index contributed by atoms with van der Waals surface area (Å²) in [5, 5.41) is 9.61. The van der Waals surface area contributed by atoms with Gasteiger partial charge < -0.3 is 0 Å². The Morgan fingerprint density at radius 1 is 1.10 bits per heavy atom. The first kappa shape index (κ1) is 18.1. The Morgan fingerprint density at radius 2 is 1.67 bits per heavy atom. The van der Waals surface area contributed by atoms with E-state index in [0.29, 0.717) is 26.3 Å².